The van der Waals surface area contributed by atoms with Crippen LogP contribution in [-0.4, -0.2) is 39.9 Å². The molecule has 0 unspecified atom stereocenters. The summed E-state index contributed by atoms with van der Waals surface area (Å²) in [5.74, 6) is 0.561. The van der Waals surface area contributed by atoms with Crippen molar-refractivity contribution in [2.75, 3.05) is 18.4 Å². The molecule has 2 aromatic rings. The van der Waals surface area contributed by atoms with Gasteiger partial charge in [-0.1, -0.05) is 11.2 Å². The molecule has 1 N–H and O–H groups in total. The van der Waals surface area contributed by atoms with Gasteiger partial charge >= 0.3 is 0 Å². The molecule has 2 aromatic heterocycles. The molecule has 0 radical (unpaired) electrons. The van der Waals surface area contributed by atoms with Crippen LogP contribution in [0.5, 0.6) is 0 Å². The number of nitrogens with zero attached hydrogens (tertiary/aromatic N) is 3. The van der Waals surface area contributed by atoms with Crippen molar-refractivity contribution in [3.8, 4) is 0 Å². The van der Waals surface area contributed by atoms with Gasteiger partial charge in [-0.3, -0.25) is 9.59 Å². The number of pyridine rings is 1. The lowest BCUT2D eigenvalue weighted by Gasteiger charge is -2.32. The van der Waals surface area contributed by atoms with E-state index in [2.05, 4.69) is 15.5 Å². The van der Waals surface area contributed by atoms with Gasteiger partial charge in [0.1, 0.15) is 17.1 Å². The molecule has 1 aliphatic rings. The number of rotatable bonds is 3. The molecule has 3 heterocycles. The van der Waals surface area contributed by atoms with E-state index in [-0.39, 0.29) is 17.7 Å². The molecule has 2 amide bonds. The highest BCUT2D eigenvalue weighted by atomic mass is 16.5. The second kappa shape index (κ2) is 6.82. The average Bonchev–Trinajstić information content (AvgIpc) is 2.94. The fourth-order valence-corrected chi connectivity index (χ4v) is 2.99. The molecule has 1 saturated heterocycles. The number of carbonyl (C=O) groups excluding carboxylic acids is 2. The van der Waals surface area contributed by atoms with Crippen molar-refractivity contribution in [2.24, 2.45) is 5.92 Å². The topological polar surface area (TPSA) is 88.3 Å². The van der Waals surface area contributed by atoms with E-state index in [9.17, 15) is 9.59 Å². The summed E-state index contributed by atoms with van der Waals surface area (Å²) in [6.45, 7) is 4.50. The molecule has 24 heavy (non-hydrogen) atoms. The van der Waals surface area contributed by atoms with Crippen LogP contribution in [0, 0.1) is 19.8 Å². The number of hydrogen-bond acceptors (Lipinski definition) is 5. The summed E-state index contributed by atoms with van der Waals surface area (Å²) in [5, 5.41) is 6.64. The molecule has 3 rings (SSSR count). The lowest BCUT2D eigenvalue weighted by atomic mass is 9.96. The molecule has 7 nitrogen and oxygen atoms in total. The molecule has 0 spiro atoms. The zero-order valence-corrected chi connectivity index (χ0v) is 13.8. The summed E-state index contributed by atoms with van der Waals surface area (Å²) in [6.07, 6.45) is 3.17. The maximum Gasteiger partial charge on any atom is 0.259 e. The first-order valence-electron chi connectivity index (χ1n) is 8.00. The number of aryl methyl sites for hydroxylation is 2. The van der Waals surface area contributed by atoms with Gasteiger partial charge in [-0.25, -0.2) is 4.98 Å². The molecule has 0 aliphatic carbocycles. The van der Waals surface area contributed by atoms with E-state index in [0.29, 0.717) is 35.9 Å². The Labute approximate surface area is 140 Å². The van der Waals surface area contributed by atoms with Gasteiger partial charge in [-0.2, -0.15) is 0 Å². The van der Waals surface area contributed by atoms with Crippen LogP contribution in [0.3, 0.4) is 0 Å². The molecule has 7 heteroatoms. The Balaban J connectivity index is 1.68. The van der Waals surface area contributed by atoms with E-state index < -0.39 is 0 Å². The maximum atomic E-state index is 12.7. The highest BCUT2D eigenvalue weighted by molar-refractivity contribution is 5.97. The number of hydrogen-bond donors (Lipinski definition) is 1. The van der Waals surface area contributed by atoms with Gasteiger partial charge in [-0.15, -0.1) is 0 Å². The number of amides is 2. The summed E-state index contributed by atoms with van der Waals surface area (Å²) in [4.78, 5) is 31.0. The molecule has 126 valence electrons. The lowest BCUT2D eigenvalue weighted by Crippen LogP contribution is -2.44. The second-order valence-corrected chi connectivity index (χ2v) is 5.99. The van der Waals surface area contributed by atoms with Gasteiger partial charge in [0, 0.05) is 19.3 Å². The van der Waals surface area contributed by atoms with Crippen molar-refractivity contribution in [1.29, 1.82) is 0 Å². The van der Waals surface area contributed by atoms with Gasteiger partial charge in [0.05, 0.1) is 11.6 Å². The third kappa shape index (κ3) is 3.29. The van der Waals surface area contributed by atoms with Crippen molar-refractivity contribution in [1.82, 2.24) is 15.0 Å². The number of piperidine rings is 1. The molecule has 1 aliphatic heterocycles. The van der Waals surface area contributed by atoms with Crippen LogP contribution in [0.1, 0.15) is 34.7 Å². The van der Waals surface area contributed by atoms with Gasteiger partial charge in [-0.05, 0) is 38.8 Å². The molecular weight excluding hydrogens is 308 g/mol. The monoisotopic (exact) mass is 328 g/mol. The smallest absolute Gasteiger partial charge is 0.259 e. The third-order valence-corrected chi connectivity index (χ3v) is 4.24. The van der Waals surface area contributed by atoms with Crippen molar-refractivity contribution < 1.29 is 14.1 Å². The number of aromatic nitrogens is 2. The van der Waals surface area contributed by atoms with Crippen LogP contribution < -0.4 is 5.32 Å². The molecule has 1 atom stereocenters. The van der Waals surface area contributed by atoms with E-state index in [1.54, 1.807) is 37.1 Å². The van der Waals surface area contributed by atoms with E-state index in [1.165, 1.54) is 0 Å². The highest BCUT2D eigenvalue weighted by Gasteiger charge is 2.31. The van der Waals surface area contributed by atoms with Crippen molar-refractivity contribution in [3.05, 3.63) is 41.4 Å². The fraction of sp³-hybridized carbons (Fsp3) is 0.412. The SMILES string of the molecule is Cc1noc(C)c1C(=O)N1CCC[C@H](C(=O)Nc2ccccn2)C1. The Bertz CT molecular complexity index is 722. The van der Waals surface area contributed by atoms with Crippen LogP contribution >= 0.6 is 0 Å². The Kier molecular flexibility index (Phi) is 4.59. The molecule has 0 saturated carbocycles. The Morgan fingerprint density at radius 3 is 2.83 bits per heavy atom. The van der Waals surface area contributed by atoms with E-state index in [4.69, 9.17) is 4.52 Å². The molecule has 1 fully saturated rings. The third-order valence-electron chi connectivity index (χ3n) is 4.24. The number of carbonyl (C=O) groups is 2. The predicted molar refractivity (Wildman–Crippen MR) is 87.5 cm³/mol. The minimum Gasteiger partial charge on any atom is -0.361 e. The van der Waals surface area contributed by atoms with Gasteiger partial charge in [0.25, 0.3) is 5.91 Å². The van der Waals surface area contributed by atoms with Gasteiger partial charge < -0.3 is 14.7 Å². The van der Waals surface area contributed by atoms with E-state index in [0.717, 1.165) is 12.8 Å². The zero-order valence-electron chi connectivity index (χ0n) is 13.8. The zero-order chi connectivity index (χ0) is 17.1. The van der Waals surface area contributed by atoms with Crippen molar-refractivity contribution in [2.45, 2.75) is 26.7 Å². The highest BCUT2D eigenvalue weighted by Crippen LogP contribution is 2.22. The van der Waals surface area contributed by atoms with E-state index >= 15 is 0 Å². The van der Waals surface area contributed by atoms with Gasteiger partial charge in [0.15, 0.2) is 0 Å². The fourth-order valence-electron chi connectivity index (χ4n) is 2.99. The van der Waals surface area contributed by atoms with Crippen LogP contribution in [0.2, 0.25) is 0 Å². The Hall–Kier alpha value is -2.70. The second-order valence-electron chi connectivity index (χ2n) is 5.99. The van der Waals surface area contributed by atoms with Crippen LogP contribution in [0.4, 0.5) is 5.82 Å². The predicted octanol–water partition coefficient (Wildman–Crippen LogP) is 2.18. The Morgan fingerprint density at radius 2 is 2.17 bits per heavy atom. The quantitative estimate of drug-likeness (QED) is 0.933. The summed E-state index contributed by atoms with van der Waals surface area (Å²) in [7, 11) is 0. The summed E-state index contributed by atoms with van der Waals surface area (Å²) in [5.41, 5.74) is 1.08. The number of nitrogens with one attached hydrogen (secondary N) is 1. The first-order valence-corrected chi connectivity index (χ1v) is 8.00. The normalized spacial score (nSPS) is 17.6. The van der Waals surface area contributed by atoms with Crippen molar-refractivity contribution in [3.63, 3.8) is 0 Å². The standard InChI is InChI=1S/C17H20N4O3/c1-11-15(12(2)24-20-11)17(23)21-9-5-6-13(10-21)16(22)19-14-7-3-4-8-18-14/h3-4,7-8,13H,5-6,9-10H2,1-2H3,(H,18,19,22)/t13-/m0/s1. The minimum atomic E-state index is -0.245. The molecule has 0 aromatic carbocycles. The molecule has 0 bridgehead atoms. The van der Waals surface area contributed by atoms with Crippen LogP contribution in [0.15, 0.2) is 28.9 Å². The minimum absolute atomic E-state index is 0.107. The van der Waals surface area contributed by atoms with E-state index in [1.807, 2.05) is 6.07 Å². The summed E-state index contributed by atoms with van der Waals surface area (Å²) < 4.78 is 5.08. The lowest BCUT2D eigenvalue weighted by molar-refractivity contribution is -0.121. The number of anilines is 1. The number of likely N-dealkylation sites (tertiary alicyclic amines) is 1. The van der Waals surface area contributed by atoms with Crippen LogP contribution in [-0.2, 0) is 4.79 Å². The molecular formula is C17H20N4O3. The summed E-state index contributed by atoms with van der Waals surface area (Å²) in [6, 6.07) is 5.35. The largest absolute Gasteiger partial charge is 0.361 e. The first kappa shape index (κ1) is 16.2. The first-order chi connectivity index (χ1) is 11.6. The Morgan fingerprint density at radius 1 is 1.33 bits per heavy atom. The van der Waals surface area contributed by atoms with Crippen LogP contribution in [0.25, 0.3) is 0 Å². The van der Waals surface area contributed by atoms with Gasteiger partial charge in [0.2, 0.25) is 5.91 Å². The van der Waals surface area contributed by atoms with Crippen molar-refractivity contribution >= 4 is 17.6 Å². The maximum absolute atomic E-state index is 12.7. The summed E-state index contributed by atoms with van der Waals surface area (Å²) >= 11 is 0. The average molecular weight is 328 g/mol.